The summed E-state index contributed by atoms with van der Waals surface area (Å²) in [6.07, 6.45) is 0.322. The minimum atomic E-state index is -0.903. The lowest BCUT2D eigenvalue weighted by Gasteiger charge is -2.15. The first-order valence-electron chi connectivity index (χ1n) is 6.67. The van der Waals surface area contributed by atoms with Crippen LogP contribution in [-0.4, -0.2) is 31.8 Å². The molecule has 0 aromatic heterocycles. The van der Waals surface area contributed by atoms with Gasteiger partial charge in [-0.2, -0.15) is 0 Å². The van der Waals surface area contributed by atoms with Crippen molar-refractivity contribution in [2.75, 3.05) is 20.8 Å². The van der Waals surface area contributed by atoms with Gasteiger partial charge >= 0.3 is 5.97 Å². The van der Waals surface area contributed by atoms with E-state index in [1.54, 1.807) is 14.2 Å². The quantitative estimate of drug-likeness (QED) is 0.850. The average molecular weight is 289 g/mol. The highest BCUT2D eigenvalue weighted by Gasteiger charge is 2.19. The topological polar surface area (TPSA) is 81.8 Å². The van der Waals surface area contributed by atoms with Crippen LogP contribution in [0, 0.1) is 5.92 Å². The third-order valence-corrected chi connectivity index (χ3v) is 3.56. The summed E-state index contributed by atoms with van der Waals surface area (Å²) in [6, 6.07) is 9.54. The van der Waals surface area contributed by atoms with Gasteiger partial charge in [0.25, 0.3) is 0 Å². The lowest BCUT2D eigenvalue weighted by Crippen LogP contribution is -2.25. The summed E-state index contributed by atoms with van der Waals surface area (Å²) in [4.78, 5) is 11.2. The number of carboxylic acid groups (broad SMARTS) is 1. The van der Waals surface area contributed by atoms with Crippen molar-refractivity contribution in [3.05, 3.63) is 35.9 Å². The van der Waals surface area contributed by atoms with Gasteiger partial charge in [-0.25, -0.2) is 0 Å². The predicted molar refractivity (Wildman–Crippen MR) is 80.9 cm³/mol. The molecule has 2 aromatic rings. The number of carboxylic acids is 1. The Morgan fingerprint density at radius 2 is 1.95 bits per heavy atom. The van der Waals surface area contributed by atoms with Crippen molar-refractivity contribution in [1.82, 2.24) is 0 Å². The Morgan fingerprint density at radius 3 is 2.52 bits per heavy atom. The SMILES string of the molecule is COc1cc2cccc(OC)c2cc1C[C@@H](CN)C(=O)O. The molecule has 0 aliphatic heterocycles. The van der Waals surface area contributed by atoms with Gasteiger partial charge < -0.3 is 20.3 Å². The van der Waals surface area contributed by atoms with Crippen LogP contribution in [0.1, 0.15) is 5.56 Å². The van der Waals surface area contributed by atoms with Crippen molar-refractivity contribution in [2.45, 2.75) is 6.42 Å². The van der Waals surface area contributed by atoms with Crippen LogP contribution >= 0.6 is 0 Å². The molecule has 1 atom stereocenters. The van der Waals surface area contributed by atoms with Gasteiger partial charge in [0.1, 0.15) is 11.5 Å². The molecular weight excluding hydrogens is 270 g/mol. The third kappa shape index (κ3) is 3.08. The fraction of sp³-hybridized carbons (Fsp3) is 0.312. The van der Waals surface area contributed by atoms with Crippen LogP contribution in [0.4, 0.5) is 0 Å². The van der Waals surface area contributed by atoms with Gasteiger partial charge in [0.2, 0.25) is 0 Å². The zero-order valence-electron chi connectivity index (χ0n) is 12.1. The molecule has 0 heterocycles. The van der Waals surface area contributed by atoms with Crippen LogP contribution in [0.3, 0.4) is 0 Å². The minimum Gasteiger partial charge on any atom is -0.496 e. The average Bonchev–Trinajstić information content (AvgIpc) is 2.50. The number of rotatable bonds is 6. The summed E-state index contributed by atoms with van der Waals surface area (Å²) < 4.78 is 10.7. The van der Waals surface area contributed by atoms with Crippen molar-refractivity contribution < 1.29 is 19.4 Å². The van der Waals surface area contributed by atoms with Crippen molar-refractivity contribution in [2.24, 2.45) is 11.7 Å². The molecule has 0 saturated carbocycles. The van der Waals surface area contributed by atoms with E-state index in [2.05, 4.69) is 0 Å². The highest BCUT2D eigenvalue weighted by Crippen LogP contribution is 2.32. The van der Waals surface area contributed by atoms with Crippen LogP contribution in [0.2, 0.25) is 0 Å². The first kappa shape index (κ1) is 15.1. The number of benzene rings is 2. The summed E-state index contributed by atoms with van der Waals surface area (Å²) in [7, 11) is 3.18. The highest BCUT2D eigenvalue weighted by atomic mass is 16.5. The van der Waals surface area contributed by atoms with Crippen molar-refractivity contribution in [3.63, 3.8) is 0 Å². The van der Waals surface area contributed by atoms with Gasteiger partial charge in [0.05, 0.1) is 20.1 Å². The maximum absolute atomic E-state index is 11.2. The minimum absolute atomic E-state index is 0.0858. The van der Waals surface area contributed by atoms with Crippen molar-refractivity contribution in [1.29, 1.82) is 0 Å². The number of hydrogen-bond acceptors (Lipinski definition) is 4. The maximum Gasteiger partial charge on any atom is 0.308 e. The van der Waals surface area contributed by atoms with Gasteiger partial charge in [-0.3, -0.25) is 4.79 Å². The smallest absolute Gasteiger partial charge is 0.308 e. The van der Waals surface area contributed by atoms with Crippen LogP contribution in [0.15, 0.2) is 30.3 Å². The summed E-state index contributed by atoms with van der Waals surface area (Å²) in [5.74, 6) is -0.128. The molecule has 3 N–H and O–H groups in total. The van der Waals surface area contributed by atoms with Gasteiger partial charge in [-0.15, -0.1) is 0 Å². The predicted octanol–water partition coefficient (Wildman–Crippen LogP) is 2.06. The molecule has 0 bridgehead atoms. The first-order chi connectivity index (χ1) is 10.1. The fourth-order valence-electron chi connectivity index (χ4n) is 2.39. The Balaban J connectivity index is 2.53. The molecule has 2 rings (SSSR count). The van der Waals surface area contributed by atoms with E-state index in [9.17, 15) is 4.79 Å². The largest absolute Gasteiger partial charge is 0.496 e. The summed E-state index contributed by atoms with van der Waals surface area (Å²) in [6.45, 7) is 0.0858. The lowest BCUT2D eigenvalue weighted by molar-refractivity contribution is -0.141. The van der Waals surface area contributed by atoms with Gasteiger partial charge in [0, 0.05) is 11.9 Å². The number of carbonyl (C=O) groups is 1. The van der Waals surface area contributed by atoms with E-state index < -0.39 is 11.9 Å². The number of fused-ring (bicyclic) bond motifs is 1. The first-order valence-corrected chi connectivity index (χ1v) is 6.67. The molecule has 0 aliphatic rings. The monoisotopic (exact) mass is 289 g/mol. The summed E-state index contributed by atoms with van der Waals surface area (Å²) >= 11 is 0. The zero-order chi connectivity index (χ0) is 15.4. The molecule has 0 amide bonds. The number of nitrogens with two attached hydrogens (primary N) is 1. The molecule has 0 spiro atoms. The molecule has 0 saturated heterocycles. The molecule has 21 heavy (non-hydrogen) atoms. The molecule has 112 valence electrons. The number of hydrogen-bond donors (Lipinski definition) is 2. The fourth-order valence-corrected chi connectivity index (χ4v) is 2.39. The van der Waals surface area contributed by atoms with Crippen LogP contribution in [0.25, 0.3) is 10.8 Å². The summed E-state index contributed by atoms with van der Waals surface area (Å²) in [5.41, 5.74) is 6.35. The van der Waals surface area contributed by atoms with Gasteiger partial charge in [-0.05, 0) is 35.6 Å². The van der Waals surface area contributed by atoms with Crippen LogP contribution in [0.5, 0.6) is 11.5 Å². The van der Waals surface area contributed by atoms with Gasteiger partial charge in [0.15, 0.2) is 0 Å². The Bertz CT molecular complexity index is 654. The molecule has 0 aliphatic carbocycles. The second-order valence-electron chi connectivity index (χ2n) is 4.82. The lowest BCUT2D eigenvalue weighted by atomic mass is 9.96. The molecular formula is C16H19NO4. The van der Waals surface area contributed by atoms with Crippen LogP contribution < -0.4 is 15.2 Å². The third-order valence-electron chi connectivity index (χ3n) is 3.56. The zero-order valence-corrected chi connectivity index (χ0v) is 12.1. The van der Waals surface area contributed by atoms with E-state index in [0.29, 0.717) is 12.2 Å². The summed E-state index contributed by atoms with van der Waals surface area (Å²) in [5, 5.41) is 11.1. The van der Waals surface area contributed by atoms with E-state index in [1.165, 1.54) is 0 Å². The normalized spacial score (nSPS) is 12.1. The molecule has 5 nitrogen and oxygen atoms in total. The molecule has 0 radical (unpaired) electrons. The van der Waals surface area contributed by atoms with Crippen LogP contribution in [-0.2, 0) is 11.2 Å². The standard InChI is InChI=1S/C16H19NO4/c1-20-14-5-3-4-10-8-15(21-2)11(7-13(10)14)6-12(9-17)16(18)19/h3-5,7-8,12H,6,9,17H2,1-2H3,(H,18,19)/t12-/m0/s1. The highest BCUT2D eigenvalue weighted by molar-refractivity contribution is 5.90. The maximum atomic E-state index is 11.2. The van der Waals surface area contributed by atoms with E-state index in [4.69, 9.17) is 20.3 Å². The Labute approximate surface area is 123 Å². The van der Waals surface area contributed by atoms with E-state index in [1.807, 2.05) is 30.3 Å². The molecule has 2 aromatic carbocycles. The van der Waals surface area contributed by atoms with Crippen molar-refractivity contribution in [3.8, 4) is 11.5 Å². The second-order valence-corrected chi connectivity index (χ2v) is 4.82. The number of methoxy groups -OCH3 is 2. The molecule has 5 heteroatoms. The number of aliphatic carboxylic acids is 1. The van der Waals surface area contributed by atoms with E-state index >= 15 is 0 Å². The Hall–Kier alpha value is -2.27. The van der Waals surface area contributed by atoms with Gasteiger partial charge in [-0.1, -0.05) is 12.1 Å². The van der Waals surface area contributed by atoms with E-state index in [-0.39, 0.29) is 6.54 Å². The second kappa shape index (κ2) is 6.45. The molecule has 0 unspecified atom stereocenters. The Kier molecular flexibility index (Phi) is 4.65. The van der Waals surface area contributed by atoms with Crippen molar-refractivity contribution >= 4 is 16.7 Å². The molecule has 0 fully saturated rings. The number of ether oxygens (including phenoxy) is 2. The van der Waals surface area contributed by atoms with E-state index in [0.717, 1.165) is 22.1 Å². The Morgan fingerprint density at radius 1 is 1.24 bits per heavy atom.